The van der Waals surface area contributed by atoms with E-state index in [0.29, 0.717) is 11.4 Å². The number of anilines is 1. The van der Waals surface area contributed by atoms with E-state index in [1.165, 1.54) is 7.11 Å². The average Bonchev–Trinajstić information content (AvgIpc) is 2.14. The Balaban J connectivity index is 2.61. The number of hydrazine groups is 1. The van der Waals surface area contributed by atoms with E-state index in [2.05, 4.69) is 5.43 Å². The van der Waals surface area contributed by atoms with Gasteiger partial charge in [-0.2, -0.15) is 0 Å². The molecule has 1 aromatic carbocycles. The van der Waals surface area contributed by atoms with Gasteiger partial charge in [0.15, 0.2) is 10.3 Å². The van der Waals surface area contributed by atoms with Crippen LogP contribution in [0.25, 0.3) is 0 Å². The highest BCUT2D eigenvalue weighted by Crippen LogP contribution is 2.13. The number of hydrogen-bond donors (Lipinski definition) is 2. The highest BCUT2D eigenvalue weighted by molar-refractivity contribution is 7.83. The van der Waals surface area contributed by atoms with Gasteiger partial charge in [-0.1, -0.05) is 0 Å². The van der Waals surface area contributed by atoms with Crippen LogP contribution in [0.4, 0.5) is 5.69 Å². The number of benzene rings is 1. The highest BCUT2D eigenvalue weighted by Gasteiger charge is 1.94. The molecule has 0 bridgehead atoms. The molecule has 0 amide bonds. The molecule has 1 aromatic rings. The van der Waals surface area contributed by atoms with Crippen molar-refractivity contribution in [3.8, 4) is 5.75 Å². The lowest BCUT2D eigenvalue weighted by Gasteiger charge is -2.11. The Morgan fingerprint density at radius 1 is 1.29 bits per heavy atom. The summed E-state index contributed by atoms with van der Waals surface area (Å²) in [6, 6.07) is 6.39. The lowest BCUT2D eigenvalue weighted by Crippen LogP contribution is -2.28. The van der Waals surface area contributed by atoms with E-state index in [1.54, 1.807) is 29.1 Å². The van der Waals surface area contributed by atoms with Crippen molar-refractivity contribution < 1.29 is 17.7 Å². The quantitative estimate of drug-likeness (QED) is 0.550. The first-order valence-corrected chi connectivity index (χ1v) is 5.05. The van der Waals surface area contributed by atoms with Crippen LogP contribution in [0.15, 0.2) is 24.3 Å². The maximum atomic E-state index is 10.2. The number of rotatable bonds is 4. The van der Waals surface area contributed by atoms with Gasteiger partial charge in [0.2, 0.25) is 0 Å². The minimum absolute atomic E-state index is 0.449. The zero-order chi connectivity index (χ0) is 10.6. The van der Waals surface area contributed by atoms with Gasteiger partial charge in [0.25, 0.3) is 0 Å². The summed E-state index contributed by atoms with van der Waals surface area (Å²) in [5.41, 5.74) is 2.68. The second-order valence-corrected chi connectivity index (χ2v) is 3.52. The van der Waals surface area contributed by atoms with Gasteiger partial charge >= 0.3 is 0 Å². The molecule has 0 spiro atoms. The van der Waals surface area contributed by atoms with Crippen molar-refractivity contribution in [1.82, 2.24) is 4.83 Å². The molecule has 0 atom stereocenters. The standard InChI is InChI=1S/C7H10N2O4S/c1-13-7-4-2-6(3-5-7)8-9-14(10,11)12/h2-5,8-9H,1H3,(H,10,11,12)/p-1. The van der Waals surface area contributed by atoms with Gasteiger partial charge in [0.1, 0.15) is 5.75 Å². The summed E-state index contributed by atoms with van der Waals surface area (Å²) >= 11 is 0. The summed E-state index contributed by atoms with van der Waals surface area (Å²) < 4.78 is 35.4. The van der Waals surface area contributed by atoms with Crippen LogP contribution in [0.2, 0.25) is 0 Å². The minimum Gasteiger partial charge on any atom is -0.734 e. The van der Waals surface area contributed by atoms with E-state index in [0.717, 1.165) is 0 Å². The molecule has 6 nitrogen and oxygen atoms in total. The van der Waals surface area contributed by atoms with Gasteiger partial charge in [0, 0.05) is 0 Å². The Hall–Kier alpha value is -1.31. The third-order valence-corrected chi connectivity index (χ3v) is 1.76. The van der Waals surface area contributed by atoms with E-state index in [-0.39, 0.29) is 0 Å². The normalized spacial score (nSPS) is 11.0. The molecule has 0 unspecified atom stereocenters. The largest absolute Gasteiger partial charge is 0.734 e. The molecule has 0 saturated carbocycles. The molecule has 14 heavy (non-hydrogen) atoms. The third-order valence-electron chi connectivity index (χ3n) is 1.41. The van der Waals surface area contributed by atoms with Crippen LogP contribution >= 0.6 is 0 Å². The smallest absolute Gasteiger partial charge is 0.176 e. The van der Waals surface area contributed by atoms with Gasteiger partial charge < -0.3 is 14.7 Å². The van der Waals surface area contributed by atoms with Gasteiger partial charge in [-0.25, -0.2) is 8.42 Å². The summed E-state index contributed by atoms with van der Waals surface area (Å²) in [6.07, 6.45) is 0. The van der Waals surface area contributed by atoms with Gasteiger partial charge in [-0.15, -0.1) is 4.83 Å². The molecule has 2 N–H and O–H groups in total. The molecule has 0 fully saturated rings. The Kier molecular flexibility index (Phi) is 3.28. The summed E-state index contributed by atoms with van der Waals surface area (Å²) in [4.78, 5) is 1.60. The van der Waals surface area contributed by atoms with Crippen LogP contribution in [0.3, 0.4) is 0 Å². The van der Waals surface area contributed by atoms with Gasteiger partial charge in [-0.3, -0.25) is 0 Å². The molecular weight excluding hydrogens is 208 g/mol. The summed E-state index contributed by atoms with van der Waals surface area (Å²) in [6.45, 7) is 0. The fourth-order valence-corrected chi connectivity index (χ4v) is 1.04. The van der Waals surface area contributed by atoms with Crippen LogP contribution in [0, 0.1) is 0 Å². The van der Waals surface area contributed by atoms with Crippen molar-refractivity contribution in [2.24, 2.45) is 0 Å². The van der Waals surface area contributed by atoms with E-state index in [9.17, 15) is 13.0 Å². The summed E-state index contributed by atoms with van der Waals surface area (Å²) in [5.74, 6) is 0.639. The Morgan fingerprint density at radius 2 is 1.86 bits per heavy atom. The molecular formula is C7H9N2O4S-. The number of hydrogen-bond acceptors (Lipinski definition) is 5. The van der Waals surface area contributed by atoms with Gasteiger partial charge in [0.05, 0.1) is 12.8 Å². The fourth-order valence-electron chi connectivity index (χ4n) is 0.796. The van der Waals surface area contributed by atoms with Crippen molar-refractivity contribution in [2.45, 2.75) is 0 Å². The predicted molar refractivity (Wildman–Crippen MR) is 49.4 cm³/mol. The van der Waals surface area contributed by atoms with E-state index in [1.807, 2.05) is 0 Å². The average molecular weight is 217 g/mol. The Bertz CT molecular complexity index is 387. The van der Waals surface area contributed by atoms with Crippen LogP contribution in [-0.4, -0.2) is 20.1 Å². The van der Waals surface area contributed by atoms with Crippen molar-refractivity contribution in [1.29, 1.82) is 0 Å². The molecule has 1 rings (SSSR count). The molecule has 0 saturated heterocycles. The van der Waals surface area contributed by atoms with Crippen molar-refractivity contribution >= 4 is 16.0 Å². The molecule has 7 heteroatoms. The van der Waals surface area contributed by atoms with Crippen molar-refractivity contribution in [3.63, 3.8) is 0 Å². The zero-order valence-electron chi connectivity index (χ0n) is 7.35. The maximum Gasteiger partial charge on any atom is 0.176 e. The van der Waals surface area contributed by atoms with Crippen LogP contribution < -0.4 is 15.0 Å². The lowest BCUT2D eigenvalue weighted by molar-refractivity contribution is 0.415. The predicted octanol–water partition coefficient (Wildman–Crippen LogP) is 0.0719. The second kappa shape index (κ2) is 4.27. The summed E-state index contributed by atoms with van der Waals surface area (Å²) in [5, 5.41) is 0. The SMILES string of the molecule is COc1ccc(NNS(=O)(=O)[O-])cc1. The van der Waals surface area contributed by atoms with Crippen LogP contribution in [0.1, 0.15) is 0 Å². The Labute approximate surface area is 81.7 Å². The van der Waals surface area contributed by atoms with Crippen molar-refractivity contribution in [3.05, 3.63) is 24.3 Å². The first kappa shape index (κ1) is 10.8. The molecule has 0 aliphatic heterocycles. The van der Waals surface area contributed by atoms with Gasteiger partial charge in [-0.05, 0) is 24.3 Å². The molecule has 78 valence electrons. The zero-order valence-corrected chi connectivity index (χ0v) is 8.17. The van der Waals surface area contributed by atoms with Crippen LogP contribution in [-0.2, 0) is 10.3 Å². The van der Waals surface area contributed by atoms with E-state index < -0.39 is 10.3 Å². The lowest BCUT2D eigenvalue weighted by atomic mass is 10.3. The van der Waals surface area contributed by atoms with E-state index in [4.69, 9.17) is 4.74 Å². The minimum atomic E-state index is -4.48. The Morgan fingerprint density at radius 3 is 2.29 bits per heavy atom. The number of nitrogens with one attached hydrogen (secondary N) is 2. The number of methoxy groups -OCH3 is 1. The van der Waals surface area contributed by atoms with E-state index >= 15 is 0 Å². The fraction of sp³-hybridized carbons (Fsp3) is 0.143. The molecule has 0 heterocycles. The molecule has 0 radical (unpaired) electrons. The number of ether oxygens (including phenoxy) is 1. The molecule has 0 aromatic heterocycles. The first-order chi connectivity index (χ1) is 6.51. The third kappa shape index (κ3) is 3.60. The molecule has 0 aliphatic rings. The monoisotopic (exact) mass is 217 g/mol. The highest BCUT2D eigenvalue weighted by atomic mass is 32.2. The topological polar surface area (TPSA) is 90.5 Å². The van der Waals surface area contributed by atoms with Crippen molar-refractivity contribution in [2.75, 3.05) is 12.5 Å². The second-order valence-electron chi connectivity index (χ2n) is 2.41. The van der Waals surface area contributed by atoms with Crippen LogP contribution in [0.5, 0.6) is 5.75 Å². The molecule has 0 aliphatic carbocycles. The first-order valence-electron chi connectivity index (χ1n) is 3.64. The maximum absolute atomic E-state index is 10.2. The summed E-state index contributed by atoms with van der Waals surface area (Å²) in [7, 11) is -2.96.